The number of aryl methyl sites for hydroxylation is 1. The number of aromatic nitrogens is 2. The molecule has 2 rings (SSSR count). The number of carbonyl (C=O) groups is 1. The second-order valence-electron chi connectivity index (χ2n) is 5.00. The van der Waals surface area contributed by atoms with E-state index in [9.17, 15) is 4.79 Å². The lowest BCUT2D eigenvalue weighted by atomic mass is 10.2. The highest BCUT2D eigenvalue weighted by Crippen LogP contribution is 2.31. The molecule has 1 aromatic rings. The van der Waals surface area contributed by atoms with E-state index in [1.165, 1.54) is 12.8 Å². The van der Waals surface area contributed by atoms with Gasteiger partial charge in [-0.15, -0.1) is 0 Å². The fraction of sp³-hybridized carbons (Fsp3) is 0.692. The molecule has 2 atom stereocenters. The molecule has 0 bridgehead atoms. The highest BCUT2D eigenvalue weighted by atomic mass is 32.2. The molecule has 0 aliphatic heterocycles. The number of amides is 1. The van der Waals surface area contributed by atoms with Crippen LogP contribution < -0.4 is 0 Å². The molecule has 1 N–H and O–H groups in total. The van der Waals surface area contributed by atoms with Crippen molar-refractivity contribution in [2.45, 2.75) is 43.9 Å². The molecule has 0 radical (unpaired) electrons. The zero-order valence-electron chi connectivity index (χ0n) is 11.3. The Kier molecular flexibility index (Phi) is 4.32. The Morgan fingerprint density at radius 3 is 3.00 bits per heavy atom. The van der Waals surface area contributed by atoms with Crippen LogP contribution in [0.4, 0.5) is 0 Å². The van der Waals surface area contributed by atoms with Gasteiger partial charge in [-0.1, -0.05) is 6.42 Å². The molecule has 0 aromatic carbocycles. The molecule has 1 aliphatic rings. The Balaban J connectivity index is 1.96. The van der Waals surface area contributed by atoms with Crippen LogP contribution in [0.5, 0.6) is 0 Å². The number of hydrogen-bond acceptors (Lipinski definition) is 3. The summed E-state index contributed by atoms with van der Waals surface area (Å²) >= 11 is 1.88. The van der Waals surface area contributed by atoms with Crippen molar-refractivity contribution in [2.24, 2.45) is 0 Å². The largest absolute Gasteiger partial charge is 0.341 e. The Labute approximate surface area is 113 Å². The summed E-state index contributed by atoms with van der Waals surface area (Å²) in [6.07, 6.45) is 6.13. The summed E-state index contributed by atoms with van der Waals surface area (Å²) in [6, 6.07) is 2.33. The van der Waals surface area contributed by atoms with Crippen molar-refractivity contribution >= 4 is 17.7 Å². The third kappa shape index (κ3) is 2.88. The van der Waals surface area contributed by atoms with E-state index < -0.39 is 0 Å². The molecule has 1 heterocycles. The summed E-state index contributed by atoms with van der Waals surface area (Å²) in [5.41, 5.74) is 1.84. The molecule has 1 fully saturated rings. The molecule has 100 valence electrons. The van der Waals surface area contributed by atoms with E-state index in [0.29, 0.717) is 17.7 Å². The molecule has 1 aromatic heterocycles. The third-order valence-electron chi connectivity index (χ3n) is 3.70. The Hall–Kier alpha value is -0.970. The molecule has 2 unspecified atom stereocenters. The maximum atomic E-state index is 12.2. The number of aromatic amines is 1. The molecular formula is C13H21N3OS. The van der Waals surface area contributed by atoms with E-state index in [2.05, 4.69) is 16.5 Å². The van der Waals surface area contributed by atoms with Crippen molar-refractivity contribution in [3.63, 3.8) is 0 Å². The van der Waals surface area contributed by atoms with E-state index in [1.807, 2.05) is 36.7 Å². The number of thioether (sulfide) groups is 1. The Morgan fingerprint density at radius 2 is 2.39 bits per heavy atom. The van der Waals surface area contributed by atoms with Gasteiger partial charge in [-0.2, -0.15) is 16.9 Å². The summed E-state index contributed by atoms with van der Waals surface area (Å²) in [5, 5.41) is 7.60. The maximum absolute atomic E-state index is 12.2. The normalized spacial score (nSPS) is 23.3. The number of hydrogen-bond donors (Lipinski definition) is 1. The molecule has 1 amide bonds. The monoisotopic (exact) mass is 267 g/mol. The van der Waals surface area contributed by atoms with Gasteiger partial charge >= 0.3 is 0 Å². The molecule has 18 heavy (non-hydrogen) atoms. The minimum absolute atomic E-state index is 0.174. The second kappa shape index (κ2) is 5.78. The maximum Gasteiger partial charge on any atom is 0.228 e. The SMILES string of the molecule is CSC1CCCC1N(C)C(=O)Cc1cc(C)[nH]n1. The molecule has 4 nitrogen and oxygen atoms in total. The van der Waals surface area contributed by atoms with Crippen LogP contribution >= 0.6 is 11.8 Å². The van der Waals surface area contributed by atoms with Crippen LogP contribution in [-0.4, -0.2) is 45.6 Å². The number of nitrogens with one attached hydrogen (secondary N) is 1. The quantitative estimate of drug-likeness (QED) is 0.908. The van der Waals surface area contributed by atoms with Gasteiger partial charge in [-0.25, -0.2) is 0 Å². The van der Waals surface area contributed by atoms with Crippen LogP contribution in [-0.2, 0) is 11.2 Å². The molecule has 1 saturated carbocycles. The van der Waals surface area contributed by atoms with Gasteiger partial charge in [0.2, 0.25) is 5.91 Å². The van der Waals surface area contributed by atoms with Gasteiger partial charge in [0.05, 0.1) is 12.1 Å². The standard InChI is InChI=1S/C13H21N3OS/c1-9-7-10(15-14-9)8-13(17)16(2)11-5-4-6-12(11)18-3/h7,11-12H,4-6,8H2,1-3H3,(H,14,15). The van der Waals surface area contributed by atoms with E-state index in [-0.39, 0.29) is 5.91 Å². The predicted octanol–water partition coefficient (Wildman–Crippen LogP) is 2.00. The zero-order valence-corrected chi connectivity index (χ0v) is 12.1. The molecule has 0 saturated heterocycles. The van der Waals surface area contributed by atoms with Crippen LogP contribution in [0.2, 0.25) is 0 Å². The summed E-state index contributed by atoms with van der Waals surface area (Å²) in [5.74, 6) is 0.174. The van der Waals surface area contributed by atoms with Crippen molar-refractivity contribution < 1.29 is 4.79 Å². The number of carbonyl (C=O) groups excluding carboxylic acids is 1. The van der Waals surface area contributed by atoms with E-state index in [0.717, 1.165) is 17.8 Å². The fourth-order valence-corrected chi connectivity index (χ4v) is 3.69. The molecule has 5 heteroatoms. The fourth-order valence-electron chi connectivity index (χ4n) is 2.65. The van der Waals surface area contributed by atoms with Gasteiger partial charge in [-0.3, -0.25) is 9.89 Å². The van der Waals surface area contributed by atoms with Gasteiger partial charge in [0.15, 0.2) is 0 Å². The van der Waals surface area contributed by atoms with Crippen LogP contribution in [0.3, 0.4) is 0 Å². The lowest BCUT2D eigenvalue weighted by Gasteiger charge is -2.28. The van der Waals surface area contributed by atoms with Crippen molar-refractivity contribution in [3.8, 4) is 0 Å². The highest BCUT2D eigenvalue weighted by molar-refractivity contribution is 7.99. The molecular weight excluding hydrogens is 246 g/mol. The highest BCUT2D eigenvalue weighted by Gasteiger charge is 2.32. The van der Waals surface area contributed by atoms with E-state index >= 15 is 0 Å². The summed E-state index contributed by atoms with van der Waals surface area (Å²) in [7, 11) is 1.93. The van der Waals surface area contributed by atoms with Crippen molar-refractivity contribution in [1.29, 1.82) is 0 Å². The second-order valence-corrected chi connectivity index (χ2v) is 6.07. The summed E-state index contributed by atoms with van der Waals surface area (Å²) in [4.78, 5) is 14.2. The number of H-pyrrole nitrogens is 1. The van der Waals surface area contributed by atoms with Gasteiger partial charge in [0, 0.05) is 24.0 Å². The van der Waals surface area contributed by atoms with Crippen molar-refractivity contribution in [3.05, 3.63) is 17.5 Å². The first-order valence-corrected chi connectivity index (χ1v) is 7.70. The smallest absolute Gasteiger partial charge is 0.228 e. The minimum Gasteiger partial charge on any atom is -0.341 e. The van der Waals surface area contributed by atoms with Crippen molar-refractivity contribution in [1.82, 2.24) is 15.1 Å². The third-order valence-corrected chi connectivity index (χ3v) is 4.86. The minimum atomic E-state index is 0.174. The van der Waals surface area contributed by atoms with Crippen LogP contribution in [0.25, 0.3) is 0 Å². The number of nitrogens with zero attached hydrogens (tertiary/aromatic N) is 2. The van der Waals surface area contributed by atoms with Gasteiger partial charge in [0.25, 0.3) is 0 Å². The first-order chi connectivity index (χ1) is 8.61. The predicted molar refractivity (Wildman–Crippen MR) is 74.7 cm³/mol. The molecule has 0 spiro atoms. The first kappa shape index (κ1) is 13.5. The summed E-state index contributed by atoms with van der Waals surface area (Å²) in [6.45, 7) is 1.95. The first-order valence-electron chi connectivity index (χ1n) is 6.41. The van der Waals surface area contributed by atoms with E-state index in [1.54, 1.807) is 0 Å². The van der Waals surface area contributed by atoms with Crippen molar-refractivity contribution in [2.75, 3.05) is 13.3 Å². The van der Waals surface area contributed by atoms with Gasteiger partial charge < -0.3 is 4.90 Å². The lowest BCUT2D eigenvalue weighted by Crippen LogP contribution is -2.41. The van der Waals surface area contributed by atoms with Crippen LogP contribution in [0, 0.1) is 6.92 Å². The zero-order chi connectivity index (χ0) is 13.1. The average Bonchev–Trinajstić information content (AvgIpc) is 2.96. The van der Waals surface area contributed by atoms with Crippen LogP contribution in [0.15, 0.2) is 6.07 Å². The Bertz CT molecular complexity index is 418. The average molecular weight is 267 g/mol. The summed E-state index contributed by atoms with van der Waals surface area (Å²) < 4.78 is 0. The van der Waals surface area contributed by atoms with Crippen LogP contribution in [0.1, 0.15) is 30.7 Å². The topological polar surface area (TPSA) is 49.0 Å². The van der Waals surface area contributed by atoms with Gasteiger partial charge in [0.1, 0.15) is 0 Å². The van der Waals surface area contributed by atoms with E-state index in [4.69, 9.17) is 0 Å². The lowest BCUT2D eigenvalue weighted by molar-refractivity contribution is -0.131. The Morgan fingerprint density at radius 1 is 1.61 bits per heavy atom. The van der Waals surface area contributed by atoms with Gasteiger partial charge in [-0.05, 0) is 32.1 Å². The number of rotatable bonds is 4. The molecule has 1 aliphatic carbocycles. The number of likely N-dealkylation sites (N-methyl/N-ethyl adjacent to an activating group) is 1.